The molecule has 0 radical (unpaired) electrons. The van der Waals surface area contributed by atoms with Crippen molar-refractivity contribution < 1.29 is 0 Å². The van der Waals surface area contributed by atoms with Gasteiger partial charge in [-0.15, -0.1) is 0 Å². The molecule has 0 aliphatic carbocycles. The van der Waals surface area contributed by atoms with Gasteiger partial charge in [-0.05, 0) is 328 Å². The first-order valence-corrected chi connectivity index (χ1v) is 53.5. The van der Waals surface area contributed by atoms with Crippen LogP contribution in [-0.4, -0.2) is 6.71 Å². The Hall–Kier alpha value is -6.54. The topological polar surface area (TPSA) is 18.5 Å². The van der Waals surface area contributed by atoms with Crippen molar-refractivity contribution in [3.05, 3.63) is 418 Å². The van der Waals surface area contributed by atoms with Gasteiger partial charge in [-0.3, -0.25) is 0 Å². The van der Waals surface area contributed by atoms with E-state index in [0.29, 0.717) is 85.1 Å². The molecule has 19 heteroatoms. The Balaban J connectivity index is 0.000000278. The Morgan fingerprint density at radius 3 is 0.590 bits per heavy atom. The van der Waals surface area contributed by atoms with Crippen LogP contribution in [-0.2, 0) is 54.1 Å². The zero-order valence-electron chi connectivity index (χ0n) is 84.0. The summed E-state index contributed by atoms with van der Waals surface area (Å²) in [5.74, 6) is 0. The second-order valence-corrected chi connectivity index (χ2v) is 52.0. The van der Waals surface area contributed by atoms with Gasteiger partial charge in [0.15, 0.2) is 0 Å². The number of anilines is 8. The highest BCUT2D eigenvalue weighted by Gasteiger charge is 2.41. The van der Waals surface area contributed by atoms with E-state index in [0.717, 1.165) is 83.9 Å². The third kappa shape index (κ3) is 25.6. The van der Waals surface area contributed by atoms with Crippen LogP contribution in [0.5, 0.6) is 0 Å². The zero-order chi connectivity index (χ0) is 103. The molecule has 0 saturated carbocycles. The molecule has 0 aliphatic heterocycles. The number of halogens is 15. The molecule has 0 bridgehead atoms. The molecule has 14 rings (SSSR count). The minimum Gasteiger partial charge on any atom is -0.356 e. The maximum atomic E-state index is 7.74. The first kappa shape index (κ1) is 111. The summed E-state index contributed by atoms with van der Waals surface area (Å²) < 4.78 is 2.02. The Kier molecular flexibility index (Phi) is 34.6. The number of hydrogen-bond donors (Lipinski definition) is 1. The van der Waals surface area contributed by atoms with Gasteiger partial charge in [-0.1, -0.05) is 444 Å². The van der Waals surface area contributed by atoms with E-state index in [1.54, 1.807) is 0 Å². The summed E-state index contributed by atoms with van der Waals surface area (Å²) in [6, 6.07) is 94.1. The molecule has 0 atom stereocenters. The molecule has 0 aromatic heterocycles. The summed E-state index contributed by atoms with van der Waals surface area (Å²) in [4.78, 5) is 4.42. The van der Waals surface area contributed by atoms with Gasteiger partial charge >= 0.3 is 0 Å². The maximum Gasteiger partial charge on any atom is 0.243 e. The van der Waals surface area contributed by atoms with E-state index in [2.05, 4.69) is 448 Å². The third-order valence-electron chi connectivity index (χ3n) is 26.3. The van der Waals surface area contributed by atoms with E-state index in [1.807, 2.05) is 61.5 Å². The molecule has 0 amide bonds. The molecule has 3 nitrogen and oxygen atoms in total. The van der Waals surface area contributed by atoms with Crippen LogP contribution in [0.4, 0.5) is 45.5 Å². The van der Waals surface area contributed by atoms with Crippen molar-refractivity contribution in [3.8, 4) is 0 Å². The monoisotopic (exact) mass is 2270 g/mol. The number of nitrogens with zero attached hydrogens (tertiary/aromatic N) is 2. The Labute approximate surface area is 913 Å². The quantitative estimate of drug-likeness (QED) is 0.0557. The van der Waals surface area contributed by atoms with Crippen LogP contribution >= 0.6 is 187 Å². The van der Waals surface area contributed by atoms with E-state index in [9.17, 15) is 0 Å². The van der Waals surface area contributed by atoms with Crippen LogP contribution in [0, 0.1) is 0 Å². The summed E-state index contributed by atoms with van der Waals surface area (Å²) in [7, 11) is 0. The average Bonchev–Trinajstić information content (AvgIpc) is 0.731. The lowest BCUT2D eigenvalue weighted by atomic mass is 9.36. The lowest BCUT2D eigenvalue weighted by Gasteiger charge is -2.37. The van der Waals surface area contributed by atoms with Gasteiger partial charge in [0.05, 0.1) is 71.6 Å². The highest BCUT2D eigenvalue weighted by molar-refractivity contribution is 9.11. The van der Waals surface area contributed by atoms with Crippen LogP contribution in [0.3, 0.4) is 0 Å². The normalized spacial score (nSPS) is 12.5. The van der Waals surface area contributed by atoms with Crippen LogP contribution in [0.2, 0.25) is 60.3 Å². The van der Waals surface area contributed by atoms with E-state index in [4.69, 9.17) is 139 Å². The van der Waals surface area contributed by atoms with Crippen molar-refractivity contribution in [1.29, 1.82) is 0 Å². The van der Waals surface area contributed by atoms with Crippen molar-refractivity contribution in [2.75, 3.05) is 15.1 Å². The minimum atomic E-state index is -1.14. The SMILES string of the molecule is CC(C)(C)c1ccc(B(c2ccc(C(C)(C)C)cc2)c2cc(C(C)(c3cc(Cl)c(Cl)c(N(c4ccc(C(C)(C)C)cc4)c4ccc(C(C)(C)C)cc4)c3)c3cc(Cl)c(Cl)c(N(c4ccc(C(C)(C)C)cc4)c4ccc(C(C)(C)C)cc4)c3)cc(Cl)c2Cl)cc1.CC(C)(C)c1ccc(Nc2ccc(C(C)(C)C)cc2)cc1.CC(c1cc(Cl)c(Cl)c(Br)c1)(c1cc(Cl)c(Cl)c(Br)c1)c1cc(Cl)c(Cl)c(Br)c1. The Morgan fingerprint density at radius 1 is 0.201 bits per heavy atom. The molecule has 726 valence electrons. The van der Waals surface area contributed by atoms with Gasteiger partial charge in [0.1, 0.15) is 0 Å². The van der Waals surface area contributed by atoms with Gasteiger partial charge in [-0.2, -0.15) is 0 Å². The van der Waals surface area contributed by atoms with Gasteiger partial charge in [0, 0.05) is 58.4 Å². The van der Waals surface area contributed by atoms with E-state index in [-0.39, 0.29) is 50.0 Å². The number of hydrogen-bond acceptors (Lipinski definition) is 3. The lowest BCUT2D eigenvalue weighted by molar-refractivity contribution is 0.590. The molecule has 1 N–H and O–H groups in total. The van der Waals surface area contributed by atoms with Crippen molar-refractivity contribution in [2.45, 2.75) is 234 Å². The van der Waals surface area contributed by atoms with E-state index in [1.165, 1.54) is 44.5 Å². The first-order valence-electron chi connectivity index (χ1n) is 46.5. The molecule has 0 saturated heterocycles. The highest BCUT2D eigenvalue weighted by Crippen LogP contribution is 2.55. The highest BCUT2D eigenvalue weighted by atomic mass is 79.9. The molecule has 139 heavy (non-hydrogen) atoms. The number of benzene rings is 14. The fraction of sp³-hybridized carbons (Fsp3) is 0.300. The maximum absolute atomic E-state index is 7.74. The van der Waals surface area contributed by atoms with Crippen molar-refractivity contribution in [2.24, 2.45) is 0 Å². The molecule has 0 heterocycles. The van der Waals surface area contributed by atoms with Crippen LogP contribution in [0.25, 0.3) is 0 Å². The first-order chi connectivity index (χ1) is 64.4. The molecule has 14 aromatic carbocycles. The standard InChI is InChI=1S/C80H87BCl6N2.C20H9Br3Cl6.C20H27N/c1-74(2,3)50-20-32-59(33-21-50)81(60-34-22-51(23-35-60)75(4,5)6)65-44-56(45-66(82)71(65)85)80(19,57-46-67(83)72(86)69(48-57)88(61-36-24-52(25-37-61)76(7,8)9)62-38-26-53(27-39-62)77(10,11)12)58-47-68(84)73(87)70(49-58)89(63-40-28-54(29-41-63)78(13,14)15)64-42-30-55(31-43-64)79(16,17)18;1-20(8-2-11(21)17(27)14(24)5-8,9-3-12(22)18(28)15(25)6-9)10-4-13(23)19(29)16(26)7-10;1-19(2,3)15-7-11-17(12-8-15)21-18-13-9-16(10-14-18)20(4,5)6/h20-49H,1-19H3;2-7H,1H3;7-14,21H,1-6H3. The molecular weight excluding hydrogens is 2160 g/mol. The Morgan fingerprint density at radius 2 is 0.381 bits per heavy atom. The van der Waals surface area contributed by atoms with Crippen LogP contribution in [0.1, 0.15) is 258 Å². The number of rotatable bonds is 17. The third-order valence-corrected chi connectivity index (χ3v) is 33.6. The molecule has 14 aromatic rings. The molecule has 0 spiro atoms. The molecular formula is C120H123BBr3Cl12N3. The second-order valence-electron chi connectivity index (χ2n) is 44.8. The predicted octanol–water partition coefficient (Wildman–Crippen LogP) is 41.5. The molecule has 0 aliphatic rings. The van der Waals surface area contributed by atoms with Crippen LogP contribution in [0.15, 0.2) is 280 Å². The second kappa shape index (κ2) is 43.2. The van der Waals surface area contributed by atoms with Gasteiger partial charge in [0.2, 0.25) is 6.71 Å². The van der Waals surface area contributed by atoms with E-state index >= 15 is 0 Å². The Bertz CT molecular complexity index is 5920. The van der Waals surface area contributed by atoms with Gasteiger partial charge in [-0.25, -0.2) is 0 Å². The van der Waals surface area contributed by atoms with Gasteiger partial charge in [0.25, 0.3) is 0 Å². The molecule has 0 unspecified atom stereocenters. The van der Waals surface area contributed by atoms with E-state index < -0.39 is 10.8 Å². The lowest BCUT2D eigenvalue weighted by Crippen LogP contribution is -2.53. The minimum absolute atomic E-state index is 0.0643. The molecule has 0 fully saturated rings. The van der Waals surface area contributed by atoms with Crippen molar-refractivity contribution in [1.82, 2.24) is 0 Å². The van der Waals surface area contributed by atoms with Gasteiger partial charge < -0.3 is 15.1 Å². The summed E-state index contributed by atoms with van der Waals surface area (Å²) in [5, 5.41) is 8.38. The predicted molar refractivity (Wildman–Crippen MR) is 626 cm³/mol. The summed E-state index contributed by atoms with van der Waals surface area (Å²) in [6.07, 6.45) is 0. The largest absolute Gasteiger partial charge is 0.356 e. The average molecular weight is 2280 g/mol. The van der Waals surface area contributed by atoms with Crippen molar-refractivity contribution in [3.63, 3.8) is 0 Å². The fourth-order valence-electron chi connectivity index (χ4n) is 17.2. The van der Waals surface area contributed by atoms with Crippen LogP contribution < -0.4 is 31.5 Å². The smallest absolute Gasteiger partial charge is 0.243 e. The summed E-state index contributed by atoms with van der Waals surface area (Å²) >= 11 is 94.7. The fourth-order valence-corrected chi connectivity index (χ4v) is 21.1. The summed E-state index contributed by atoms with van der Waals surface area (Å²) in [5.41, 5.74) is 23.4. The van der Waals surface area contributed by atoms with Crippen molar-refractivity contribution >= 4 is 256 Å². The number of nitrogens with one attached hydrogen (secondary N) is 1. The summed E-state index contributed by atoms with van der Waals surface area (Å²) in [6.45, 7) is 57.5. The zero-order valence-corrected chi connectivity index (χ0v) is 97.9.